The molecule has 144 valence electrons. The Hall–Kier alpha value is -3.17. The summed E-state index contributed by atoms with van der Waals surface area (Å²) < 4.78 is 6.29. The Bertz CT molecular complexity index is 1100. The van der Waals surface area contributed by atoms with Crippen molar-refractivity contribution >= 4 is 51.3 Å². The van der Waals surface area contributed by atoms with Crippen molar-refractivity contribution in [3.63, 3.8) is 0 Å². The molecule has 28 heavy (non-hydrogen) atoms. The smallest absolute Gasteiger partial charge is 0.275 e. The first kappa shape index (κ1) is 19.6. The quantitative estimate of drug-likeness (QED) is 0.441. The summed E-state index contributed by atoms with van der Waals surface area (Å²) in [6, 6.07) is 12.0. The monoisotopic (exact) mass is 417 g/mol. The minimum absolute atomic E-state index is 0.118. The van der Waals surface area contributed by atoms with Gasteiger partial charge in [-0.25, -0.2) is 4.68 Å². The van der Waals surface area contributed by atoms with Gasteiger partial charge in [0.15, 0.2) is 5.11 Å². The van der Waals surface area contributed by atoms with Crippen LogP contribution in [0.1, 0.15) is 0 Å². The zero-order valence-corrected chi connectivity index (χ0v) is 16.3. The third kappa shape index (κ3) is 4.56. The molecule has 0 saturated carbocycles. The van der Waals surface area contributed by atoms with Crippen molar-refractivity contribution in [3.8, 4) is 5.75 Å². The molecule has 0 aliphatic rings. The standard InChI is InChI=1S/C18H16ClN5O3S/c1-27-15-7-6-12(19)8-14(15)21-18(28)23-22-16(25)10-24-17(26)13-5-3-2-4-11(13)9-20-24/h2-9H,10H2,1H3,(H,22,25)(H2,21,23,28). The van der Waals surface area contributed by atoms with Crippen LogP contribution < -0.4 is 26.5 Å². The molecule has 0 saturated heterocycles. The molecule has 3 N–H and O–H groups in total. The zero-order chi connectivity index (χ0) is 20.1. The van der Waals surface area contributed by atoms with E-state index in [-0.39, 0.29) is 17.2 Å². The minimum atomic E-state index is -0.493. The summed E-state index contributed by atoms with van der Waals surface area (Å²) in [7, 11) is 1.51. The number of carbonyl (C=O) groups excluding carboxylic acids is 1. The molecule has 1 aromatic heterocycles. The molecule has 10 heteroatoms. The number of hydrazine groups is 1. The Morgan fingerprint density at radius 3 is 2.82 bits per heavy atom. The van der Waals surface area contributed by atoms with E-state index in [2.05, 4.69) is 21.3 Å². The number of methoxy groups -OCH3 is 1. The Kier molecular flexibility index (Phi) is 6.07. The van der Waals surface area contributed by atoms with Crippen molar-refractivity contribution in [1.82, 2.24) is 20.6 Å². The third-order valence-electron chi connectivity index (χ3n) is 3.78. The molecule has 0 unspecified atom stereocenters. The van der Waals surface area contributed by atoms with Gasteiger partial charge in [-0.2, -0.15) is 5.10 Å². The highest BCUT2D eigenvalue weighted by atomic mass is 35.5. The van der Waals surface area contributed by atoms with Crippen molar-refractivity contribution < 1.29 is 9.53 Å². The summed E-state index contributed by atoms with van der Waals surface area (Å²) in [6.45, 7) is -0.264. The van der Waals surface area contributed by atoms with E-state index in [1.807, 2.05) is 6.07 Å². The Labute approximate surface area is 170 Å². The predicted molar refractivity (Wildman–Crippen MR) is 112 cm³/mol. The van der Waals surface area contributed by atoms with Gasteiger partial charge in [0.25, 0.3) is 11.5 Å². The lowest BCUT2D eigenvalue weighted by Crippen LogP contribution is -2.46. The molecule has 8 nitrogen and oxygen atoms in total. The van der Waals surface area contributed by atoms with Crippen LogP contribution in [0.25, 0.3) is 10.8 Å². The maximum absolute atomic E-state index is 12.4. The fourth-order valence-corrected chi connectivity index (χ4v) is 2.81. The zero-order valence-electron chi connectivity index (χ0n) is 14.7. The summed E-state index contributed by atoms with van der Waals surface area (Å²) in [5.41, 5.74) is 5.16. The first-order valence-electron chi connectivity index (χ1n) is 8.12. The Morgan fingerprint density at radius 1 is 1.25 bits per heavy atom. The SMILES string of the molecule is COc1ccc(Cl)cc1NC(=S)NNC(=O)Cn1ncc2ccccc2c1=O. The highest BCUT2D eigenvalue weighted by molar-refractivity contribution is 7.80. The van der Waals surface area contributed by atoms with E-state index in [0.717, 1.165) is 4.68 Å². The molecule has 2 aromatic carbocycles. The number of nitrogens with one attached hydrogen (secondary N) is 3. The van der Waals surface area contributed by atoms with Crippen LogP contribution in [0.5, 0.6) is 5.75 Å². The van der Waals surface area contributed by atoms with Gasteiger partial charge in [-0.05, 0) is 36.5 Å². The number of benzene rings is 2. The second-order valence-electron chi connectivity index (χ2n) is 5.67. The number of amides is 1. The van der Waals surface area contributed by atoms with Gasteiger partial charge in [-0.3, -0.25) is 20.4 Å². The van der Waals surface area contributed by atoms with Crippen LogP contribution in [-0.4, -0.2) is 27.9 Å². The number of ether oxygens (including phenoxy) is 1. The number of nitrogens with zero attached hydrogens (tertiary/aromatic N) is 2. The van der Waals surface area contributed by atoms with Gasteiger partial charge >= 0.3 is 0 Å². The molecular formula is C18H16ClN5O3S. The molecule has 1 heterocycles. The minimum Gasteiger partial charge on any atom is -0.495 e. The number of rotatable bonds is 4. The lowest BCUT2D eigenvalue weighted by Gasteiger charge is -2.14. The second-order valence-corrected chi connectivity index (χ2v) is 6.51. The fraction of sp³-hybridized carbons (Fsp3) is 0.111. The summed E-state index contributed by atoms with van der Waals surface area (Å²) >= 11 is 11.1. The fourth-order valence-electron chi connectivity index (χ4n) is 2.47. The molecule has 0 aliphatic heterocycles. The lowest BCUT2D eigenvalue weighted by molar-refractivity contribution is -0.122. The highest BCUT2D eigenvalue weighted by Crippen LogP contribution is 2.27. The van der Waals surface area contributed by atoms with E-state index in [9.17, 15) is 9.59 Å². The number of halogens is 1. The van der Waals surface area contributed by atoms with Gasteiger partial charge in [-0.15, -0.1) is 0 Å². The van der Waals surface area contributed by atoms with Crippen LogP contribution in [0.15, 0.2) is 53.5 Å². The van der Waals surface area contributed by atoms with Gasteiger partial charge < -0.3 is 10.1 Å². The molecule has 0 spiro atoms. The topological polar surface area (TPSA) is 97.3 Å². The maximum Gasteiger partial charge on any atom is 0.275 e. The van der Waals surface area contributed by atoms with Crippen LogP contribution in [-0.2, 0) is 11.3 Å². The van der Waals surface area contributed by atoms with Crippen LogP contribution in [0.3, 0.4) is 0 Å². The number of carbonyl (C=O) groups is 1. The molecule has 0 bridgehead atoms. The van der Waals surface area contributed by atoms with Gasteiger partial charge in [0.2, 0.25) is 0 Å². The molecule has 0 atom stereocenters. The number of hydrogen-bond donors (Lipinski definition) is 3. The van der Waals surface area contributed by atoms with Crippen molar-refractivity contribution in [2.45, 2.75) is 6.54 Å². The molecule has 1 amide bonds. The molecule has 3 aromatic rings. The normalized spacial score (nSPS) is 10.4. The van der Waals surface area contributed by atoms with Crippen molar-refractivity contribution in [3.05, 3.63) is 64.0 Å². The van der Waals surface area contributed by atoms with E-state index in [4.69, 9.17) is 28.6 Å². The highest BCUT2D eigenvalue weighted by Gasteiger charge is 2.10. The Balaban J connectivity index is 1.60. The summed E-state index contributed by atoms with van der Waals surface area (Å²) in [5.74, 6) is 0.0406. The van der Waals surface area contributed by atoms with Crippen molar-refractivity contribution in [1.29, 1.82) is 0 Å². The van der Waals surface area contributed by atoms with E-state index in [1.165, 1.54) is 13.3 Å². The number of fused-ring (bicyclic) bond motifs is 1. The summed E-state index contributed by atoms with van der Waals surface area (Å²) in [4.78, 5) is 24.5. The van der Waals surface area contributed by atoms with E-state index in [0.29, 0.717) is 27.2 Å². The van der Waals surface area contributed by atoms with Crippen LogP contribution in [0, 0.1) is 0 Å². The Morgan fingerprint density at radius 2 is 2.04 bits per heavy atom. The van der Waals surface area contributed by atoms with Gasteiger partial charge in [0, 0.05) is 10.4 Å². The van der Waals surface area contributed by atoms with Gasteiger partial charge in [0.1, 0.15) is 12.3 Å². The molecule has 0 radical (unpaired) electrons. The largest absolute Gasteiger partial charge is 0.495 e. The molecular weight excluding hydrogens is 402 g/mol. The number of anilines is 1. The van der Waals surface area contributed by atoms with E-state index < -0.39 is 5.91 Å². The first-order valence-corrected chi connectivity index (χ1v) is 8.91. The summed E-state index contributed by atoms with van der Waals surface area (Å²) in [5, 5.41) is 8.69. The first-order chi connectivity index (χ1) is 13.5. The van der Waals surface area contributed by atoms with E-state index >= 15 is 0 Å². The summed E-state index contributed by atoms with van der Waals surface area (Å²) in [6.07, 6.45) is 1.54. The van der Waals surface area contributed by atoms with Crippen LogP contribution >= 0.6 is 23.8 Å². The lowest BCUT2D eigenvalue weighted by atomic mass is 10.2. The predicted octanol–water partition coefficient (Wildman–Crippen LogP) is 2.08. The average Bonchev–Trinajstić information content (AvgIpc) is 2.69. The number of hydrogen-bond acceptors (Lipinski definition) is 5. The van der Waals surface area contributed by atoms with E-state index in [1.54, 1.807) is 36.4 Å². The molecule has 3 rings (SSSR count). The molecule has 0 fully saturated rings. The maximum atomic E-state index is 12.4. The number of aromatic nitrogens is 2. The van der Waals surface area contributed by atoms with Gasteiger partial charge in [0.05, 0.1) is 24.4 Å². The van der Waals surface area contributed by atoms with Crippen molar-refractivity contribution in [2.24, 2.45) is 0 Å². The average molecular weight is 418 g/mol. The van der Waals surface area contributed by atoms with Gasteiger partial charge in [-0.1, -0.05) is 29.8 Å². The van der Waals surface area contributed by atoms with Crippen LogP contribution in [0.4, 0.5) is 5.69 Å². The third-order valence-corrected chi connectivity index (χ3v) is 4.22. The second kappa shape index (κ2) is 8.68. The van der Waals surface area contributed by atoms with Crippen LogP contribution in [0.2, 0.25) is 5.02 Å². The number of thiocarbonyl (C=S) groups is 1. The molecule has 0 aliphatic carbocycles. The van der Waals surface area contributed by atoms with Crippen molar-refractivity contribution in [2.75, 3.05) is 12.4 Å².